The lowest BCUT2D eigenvalue weighted by Crippen LogP contribution is -2.44. The van der Waals surface area contributed by atoms with Gasteiger partial charge >= 0.3 is 0 Å². The molecule has 31 heavy (non-hydrogen) atoms. The van der Waals surface area contributed by atoms with E-state index in [1.165, 1.54) is 11.1 Å². The van der Waals surface area contributed by atoms with E-state index in [2.05, 4.69) is 42.5 Å². The van der Waals surface area contributed by atoms with Crippen LogP contribution in [0.3, 0.4) is 0 Å². The predicted molar refractivity (Wildman–Crippen MR) is 122 cm³/mol. The first-order valence-electron chi connectivity index (χ1n) is 10.9. The molecule has 5 unspecified atom stereocenters. The highest BCUT2D eigenvalue weighted by Gasteiger charge is 2.36. The van der Waals surface area contributed by atoms with Crippen LogP contribution < -0.4 is 0 Å². The molecule has 2 fully saturated rings. The van der Waals surface area contributed by atoms with Gasteiger partial charge in [-0.3, -0.25) is 0 Å². The molecule has 0 amide bonds. The van der Waals surface area contributed by atoms with Gasteiger partial charge in [0.05, 0.1) is 37.9 Å². The zero-order valence-corrected chi connectivity index (χ0v) is 18.7. The Morgan fingerprint density at radius 2 is 1.71 bits per heavy atom. The van der Waals surface area contributed by atoms with E-state index in [4.69, 9.17) is 25.8 Å². The molecule has 4 rings (SSSR count). The van der Waals surface area contributed by atoms with E-state index < -0.39 is 6.10 Å². The highest BCUT2D eigenvalue weighted by atomic mass is 35.5. The third kappa shape index (κ3) is 6.15. The standard InChI is InChI=1S/C25H31ClNO4/c1-17-11-22(12-25(30-17)31-24-13-23(28)15-29-16-24)27(2)14-18-3-5-19(6-4-18)20-7-9-21(26)10-8-20/h3-10,17,22-25,28H,2,11-16H2,1H3/q+1. The fourth-order valence-electron chi connectivity index (χ4n) is 4.35. The van der Waals surface area contributed by atoms with Gasteiger partial charge in [0.15, 0.2) is 18.9 Å². The van der Waals surface area contributed by atoms with Crippen molar-refractivity contribution in [3.8, 4) is 11.1 Å². The lowest BCUT2D eigenvalue weighted by atomic mass is 10.0. The van der Waals surface area contributed by atoms with Gasteiger partial charge in [-0.15, -0.1) is 0 Å². The van der Waals surface area contributed by atoms with Gasteiger partial charge in [0.1, 0.15) is 6.72 Å². The summed E-state index contributed by atoms with van der Waals surface area (Å²) in [5, 5.41) is 10.5. The number of hydrogen-bond acceptors (Lipinski definition) is 4. The zero-order valence-electron chi connectivity index (χ0n) is 18.0. The molecule has 2 aliphatic heterocycles. The molecular formula is C25H31ClNO4+. The van der Waals surface area contributed by atoms with Crippen LogP contribution in [0.15, 0.2) is 48.5 Å². The van der Waals surface area contributed by atoms with Crippen molar-refractivity contribution in [3.63, 3.8) is 0 Å². The maximum atomic E-state index is 9.80. The topological polar surface area (TPSA) is 50.9 Å². The van der Waals surface area contributed by atoms with Crippen LogP contribution in [0, 0.1) is 0 Å². The molecule has 0 aromatic heterocycles. The molecule has 0 radical (unpaired) electrons. The lowest BCUT2D eigenvalue weighted by Gasteiger charge is -2.35. The van der Waals surface area contributed by atoms with Gasteiger partial charge in [0, 0.05) is 23.4 Å². The van der Waals surface area contributed by atoms with Crippen LogP contribution in [0.25, 0.3) is 11.1 Å². The van der Waals surface area contributed by atoms with E-state index in [-0.39, 0.29) is 24.5 Å². The number of aliphatic hydroxyl groups is 1. The molecule has 2 aromatic carbocycles. The summed E-state index contributed by atoms with van der Waals surface area (Å²) < 4.78 is 19.7. The second-order valence-electron chi connectivity index (χ2n) is 8.64. The van der Waals surface area contributed by atoms with Crippen LogP contribution >= 0.6 is 11.6 Å². The Morgan fingerprint density at radius 1 is 1.03 bits per heavy atom. The molecular weight excluding hydrogens is 414 g/mol. The van der Waals surface area contributed by atoms with Gasteiger partial charge < -0.3 is 19.3 Å². The molecule has 2 aromatic rings. The summed E-state index contributed by atoms with van der Waals surface area (Å²) in [6.07, 6.45) is 1.46. The van der Waals surface area contributed by atoms with Crippen LogP contribution in [0.1, 0.15) is 31.7 Å². The summed E-state index contributed by atoms with van der Waals surface area (Å²) >= 11 is 5.99. The highest BCUT2D eigenvalue weighted by Crippen LogP contribution is 2.27. The van der Waals surface area contributed by atoms with Gasteiger partial charge in [-0.25, -0.2) is 4.58 Å². The molecule has 0 saturated carbocycles. The highest BCUT2D eigenvalue weighted by molar-refractivity contribution is 6.30. The molecule has 0 spiro atoms. The monoisotopic (exact) mass is 444 g/mol. The number of halogens is 1. The first kappa shape index (κ1) is 22.4. The Balaban J connectivity index is 1.34. The van der Waals surface area contributed by atoms with Crippen LogP contribution in [0.5, 0.6) is 0 Å². The van der Waals surface area contributed by atoms with E-state index in [1.54, 1.807) is 0 Å². The van der Waals surface area contributed by atoms with Crippen molar-refractivity contribution in [1.29, 1.82) is 0 Å². The van der Waals surface area contributed by atoms with Gasteiger partial charge in [-0.05, 0) is 30.2 Å². The smallest absolute Gasteiger partial charge is 0.167 e. The van der Waals surface area contributed by atoms with Crippen LogP contribution in [-0.2, 0) is 20.8 Å². The van der Waals surface area contributed by atoms with Gasteiger partial charge in [0.2, 0.25) is 0 Å². The summed E-state index contributed by atoms with van der Waals surface area (Å²) in [7, 11) is 0. The van der Waals surface area contributed by atoms with E-state index >= 15 is 0 Å². The number of rotatable bonds is 6. The van der Waals surface area contributed by atoms with Gasteiger partial charge in [-0.1, -0.05) is 48.0 Å². The second kappa shape index (κ2) is 10.2. The van der Waals surface area contributed by atoms with Gasteiger partial charge in [0.25, 0.3) is 0 Å². The Morgan fingerprint density at radius 3 is 2.39 bits per heavy atom. The first-order valence-corrected chi connectivity index (χ1v) is 11.3. The lowest BCUT2D eigenvalue weighted by molar-refractivity contribution is -0.585. The molecule has 2 saturated heterocycles. The quantitative estimate of drug-likeness (QED) is 0.533. The molecule has 5 nitrogen and oxygen atoms in total. The molecule has 2 aliphatic rings. The minimum Gasteiger partial charge on any atom is -0.391 e. The number of aliphatic hydroxyl groups excluding tert-OH is 1. The number of hydrogen-bond donors (Lipinski definition) is 1. The normalized spacial score (nSPS) is 28.9. The van der Waals surface area contributed by atoms with Gasteiger partial charge in [-0.2, -0.15) is 0 Å². The molecule has 1 N–H and O–H groups in total. The third-order valence-corrected chi connectivity index (χ3v) is 6.23. The molecule has 5 atom stereocenters. The van der Waals surface area contributed by atoms with Crippen molar-refractivity contribution in [2.24, 2.45) is 0 Å². The SMILES string of the molecule is C=[N+](Cc1ccc(-c2ccc(Cl)cc2)cc1)C1CC(C)OC(OC2COCC(O)C2)C1. The van der Waals surface area contributed by atoms with Crippen molar-refractivity contribution in [2.75, 3.05) is 13.2 Å². The minimum atomic E-state index is -0.462. The number of nitrogens with zero attached hydrogens (tertiary/aromatic N) is 1. The van der Waals surface area contributed by atoms with Crippen molar-refractivity contribution >= 4 is 18.3 Å². The molecule has 0 bridgehead atoms. The maximum absolute atomic E-state index is 9.80. The Kier molecular flexibility index (Phi) is 7.41. The summed E-state index contributed by atoms with van der Waals surface area (Å²) in [6, 6.07) is 16.7. The van der Waals surface area contributed by atoms with Crippen molar-refractivity contribution in [3.05, 3.63) is 59.1 Å². The molecule has 6 heteroatoms. The van der Waals surface area contributed by atoms with Crippen LogP contribution in [-0.4, -0.2) is 60.3 Å². The Bertz CT molecular complexity index is 870. The van der Waals surface area contributed by atoms with E-state index in [0.29, 0.717) is 19.6 Å². The largest absolute Gasteiger partial charge is 0.391 e. The molecule has 0 aliphatic carbocycles. The predicted octanol–water partition coefficient (Wildman–Crippen LogP) is 4.28. The van der Waals surface area contributed by atoms with E-state index in [1.807, 2.05) is 24.3 Å². The maximum Gasteiger partial charge on any atom is 0.167 e. The summed E-state index contributed by atoms with van der Waals surface area (Å²) in [6.45, 7) is 8.04. The summed E-state index contributed by atoms with van der Waals surface area (Å²) in [5.74, 6) is 0. The fraction of sp³-hybridized carbons (Fsp3) is 0.480. The second-order valence-corrected chi connectivity index (χ2v) is 9.07. The van der Waals surface area contributed by atoms with Crippen molar-refractivity contribution in [1.82, 2.24) is 0 Å². The number of benzene rings is 2. The average molecular weight is 445 g/mol. The van der Waals surface area contributed by atoms with E-state index in [9.17, 15) is 5.11 Å². The Labute approximate surface area is 189 Å². The fourth-order valence-corrected chi connectivity index (χ4v) is 4.48. The minimum absolute atomic E-state index is 0.0923. The number of ether oxygens (including phenoxy) is 3. The van der Waals surface area contributed by atoms with Crippen LogP contribution in [0.2, 0.25) is 5.02 Å². The molecule has 2 heterocycles. The summed E-state index contributed by atoms with van der Waals surface area (Å²) in [4.78, 5) is 0. The van der Waals surface area contributed by atoms with Crippen molar-refractivity contribution in [2.45, 2.75) is 63.4 Å². The molecule has 166 valence electrons. The van der Waals surface area contributed by atoms with E-state index in [0.717, 1.165) is 30.0 Å². The van der Waals surface area contributed by atoms with Crippen LogP contribution in [0.4, 0.5) is 0 Å². The Hall–Kier alpha value is -1.76. The first-order chi connectivity index (χ1) is 15.0. The third-order valence-electron chi connectivity index (χ3n) is 5.98. The average Bonchev–Trinajstić information content (AvgIpc) is 2.74. The zero-order chi connectivity index (χ0) is 21.8. The summed E-state index contributed by atoms with van der Waals surface area (Å²) in [5.41, 5.74) is 3.53. The van der Waals surface area contributed by atoms with Crippen molar-refractivity contribution < 1.29 is 23.9 Å².